The first-order valence-corrected chi connectivity index (χ1v) is 9.07. The van der Waals surface area contributed by atoms with Crippen LogP contribution in [0.25, 0.3) is 22.3 Å². The van der Waals surface area contributed by atoms with Crippen molar-refractivity contribution in [3.63, 3.8) is 0 Å². The van der Waals surface area contributed by atoms with Crippen molar-refractivity contribution in [3.05, 3.63) is 36.2 Å². The summed E-state index contributed by atoms with van der Waals surface area (Å²) in [5, 5.41) is 17.7. The largest absolute Gasteiger partial charge is 0.377 e. The number of aromatic nitrogens is 4. The molecule has 7 heteroatoms. The number of hydrogen-bond acceptors (Lipinski definition) is 6. The summed E-state index contributed by atoms with van der Waals surface area (Å²) in [7, 11) is 0. The molecule has 1 aliphatic heterocycles. The molecule has 27 heavy (non-hydrogen) atoms. The maximum Gasteiger partial charge on any atom is 0.130 e. The Labute approximate surface area is 158 Å². The smallest absolute Gasteiger partial charge is 0.130 e. The number of hydrogen-bond donors (Lipinski definition) is 1. The zero-order valence-corrected chi connectivity index (χ0v) is 15.7. The number of morpholine rings is 1. The van der Waals surface area contributed by atoms with Crippen molar-refractivity contribution < 1.29 is 4.74 Å². The van der Waals surface area contributed by atoms with Gasteiger partial charge >= 0.3 is 0 Å². The molecule has 0 radical (unpaired) electrons. The summed E-state index contributed by atoms with van der Waals surface area (Å²) < 4.78 is 5.57. The predicted octanol–water partition coefficient (Wildman–Crippen LogP) is 3.05. The molecule has 1 N–H and O–H groups in total. The van der Waals surface area contributed by atoms with Crippen LogP contribution >= 0.6 is 0 Å². The molecule has 0 spiro atoms. The average Bonchev–Trinajstić information content (AvgIpc) is 3.21. The van der Waals surface area contributed by atoms with Crippen LogP contribution in [0.3, 0.4) is 0 Å². The molecule has 1 atom stereocenters. The number of fused-ring (bicyclic) bond motifs is 1. The van der Waals surface area contributed by atoms with Gasteiger partial charge in [-0.2, -0.15) is 10.4 Å². The van der Waals surface area contributed by atoms with E-state index < -0.39 is 5.41 Å². The second kappa shape index (κ2) is 6.63. The summed E-state index contributed by atoms with van der Waals surface area (Å²) in [6.07, 6.45) is 3.46. The fraction of sp³-hybridized carbons (Fsp3) is 0.400. The monoisotopic (exact) mass is 362 g/mol. The van der Waals surface area contributed by atoms with Crippen molar-refractivity contribution >= 4 is 16.7 Å². The fourth-order valence-corrected chi connectivity index (χ4v) is 3.51. The Hall–Kier alpha value is -2.98. The molecule has 7 nitrogen and oxygen atoms in total. The Morgan fingerprint density at radius 2 is 2.19 bits per heavy atom. The second-order valence-electron chi connectivity index (χ2n) is 7.41. The number of anilines is 1. The van der Waals surface area contributed by atoms with Gasteiger partial charge in [-0.15, -0.1) is 0 Å². The van der Waals surface area contributed by atoms with Gasteiger partial charge in [0.1, 0.15) is 17.0 Å². The molecule has 0 saturated carbocycles. The third-order valence-corrected chi connectivity index (χ3v) is 5.08. The molecule has 4 rings (SSSR count). The quantitative estimate of drug-likeness (QED) is 0.770. The molecule has 1 saturated heterocycles. The Balaban J connectivity index is 2.00. The molecule has 3 aromatic heterocycles. The highest BCUT2D eigenvalue weighted by molar-refractivity contribution is 5.94. The van der Waals surface area contributed by atoms with Crippen molar-refractivity contribution in [1.82, 2.24) is 20.2 Å². The molecule has 1 fully saturated rings. The number of H-pyrrole nitrogens is 1. The standard InChI is InChI=1S/C20H22N6O/c1-13-11-27-9-8-26(13)17-10-15(20(2,3)12-21)14-4-6-22-19(18(14)24-17)16-5-7-23-25-16/h4-7,10,13H,8-9,11H2,1-3H3,(H,23,25)/t13-/m1/s1. The van der Waals surface area contributed by atoms with Gasteiger partial charge in [-0.25, -0.2) is 4.98 Å². The van der Waals surface area contributed by atoms with Gasteiger partial charge in [-0.1, -0.05) is 0 Å². The lowest BCUT2D eigenvalue weighted by atomic mass is 9.84. The third-order valence-electron chi connectivity index (χ3n) is 5.08. The van der Waals surface area contributed by atoms with E-state index in [-0.39, 0.29) is 6.04 Å². The summed E-state index contributed by atoms with van der Waals surface area (Å²) in [6.45, 7) is 8.10. The first-order valence-electron chi connectivity index (χ1n) is 9.07. The minimum absolute atomic E-state index is 0.217. The summed E-state index contributed by atoms with van der Waals surface area (Å²) in [4.78, 5) is 11.7. The van der Waals surface area contributed by atoms with Crippen LogP contribution in [0.5, 0.6) is 0 Å². The van der Waals surface area contributed by atoms with Crippen molar-refractivity contribution in [2.24, 2.45) is 0 Å². The van der Waals surface area contributed by atoms with Gasteiger partial charge in [0.25, 0.3) is 0 Å². The molecule has 1 aliphatic rings. The van der Waals surface area contributed by atoms with Gasteiger partial charge < -0.3 is 9.64 Å². The Kier molecular flexibility index (Phi) is 4.28. The summed E-state index contributed by atoms with van der Waals surface area (Å²) in [6, 6.07) is 8.51. The number of nitrogens with zero attached hydrogens (tertiary/aromatic N) is 5. The zero-order chi connectivity index (χ0) is 19.0. The topological polar surface area (TPSA) is 90.7 Å². The van der Waals surface area contributed by atoms with Gasteiger partial charge in [0.2, 0.25) is 0 Å². The number of nitriles is 1. The van der Waals surface area contributed by atoms with Crippen molar-refractivity contribution in [3.8, 4) is 17.5 Å². The predicted molar refractivity (Wildman–Crippen MR) is 103 cm³/mol. The molecule has 0 bridgehead atoms. The van der Waals surface area contributed by atoms with Gasteiger partial charge in [-0.05, 0) is 44.5 Å². The first-order chi connectivity index (χ1) is 13.0. The van der Waals surface area contributed by atoms with Crippen molar-refractivity contribution in [1.29, 1.82) is 5.26 Å². The molecule has 138 valence electrons. The van der Waals surface area contributed by atoms with Gasteiger partial charge in [0.05, 0.1) is 36.4 Å². The van der Waals surface area contributed by atoms with Gasteiger partial charge in [0, 0.05) is 24.3 Å². The summed E-state index contributed by atoms with van der Waals surface area (Å²) in [5.41, 5.74) is 2.62. The lowest BCUT2D eigenvalue weighted by Crippen LogP contribution is -2.44. The zero-order valence-electron chi connectivity index (χ0n) is 15.7. The van der Waals surface area contributed by atoms with E-state index in [4.69, 9.17) is 9.72 Å². The Morgan fingerprint density at radius 3 is 2.89 bits per heavy atom. The number of nitrogens with one attached hydrogen (secondary N) is 1. The second-order valence-corrected chi connectivity index (χ2v) is 7.41. The SMILES string of the molecule is C[C@@H]1COCCN1c1cc(C(C)(C)C#N)c2ccnc(-c3ccn[nH]3)c2n1. The molecule has 0 aromatic carbocycles. The minimum atomic E-state index is -0.655. The highest BCUT2D eigenvalue weighted by atomic mass is 16.5. The number of pyridine rings is 2. The Bertz CT molecular complexity index is 1010. The normalized spacial score (nSPS) is 17.9. The van der Waals surface area contributed by atoms with E-state index in [0.717, 1.165) is 40.2 Å². The lowest BCUT2D eigenvalue weighted by molar-refractivity contribution is 0.0985. The maximum absolute atomic E-state index is 9.78. The maximum atomic E-state index is 9.78. The van der Waals surface area contributed by atoms with Crippen LogP contribution in [0.15, 0.2) is 30.6 Å². The van der Waals surface area contributed by atoms with Crippen LogP contribution in [-0.2, 0) is 10.2 Å². The van der Waals surface area contributed by atoms with E-state index in [1.165, 1.54) is 0 Å². The average molecular weight is 362 g/mol. The molecular formula is C20H22N6O. The van der Waals surface area contributed by atoms with E-state index in [0.29, 0.717) is 13.2 Å². The van der Waals surface area contributed by atoms with E-state index >= 15 is 0 Å². The van der Waals surface area contributed by atoms with Crippen LogP contribution < -0.4 is 4.90 Å². The van der Waals surface area contributed by atoms with Crippen LogP contribution in [0.2, 0.25) is 0 Å². The van der Waals surface area contributed by atoms with E-state index in [1.54, 1.807) is 12.4 Å². The van der Waals surface area contributed by atoms with Gasteiger partial charge in [0.15, 0.2) is 0 Å². The van der Waals surface area contributed by atoms with E-state index in [1.807, 2.05) is 32.0 Å². The molecule has 0 unspecified atom stereocenters. The molecule has 0 aliphatic carbocycles. The third kappa shape index (κ3) is 3.02. The van der Waals surface area contributed by atoms with Crippen LogP contribution in [0.1, 0.15) is 26.3 Å². The highest BCUT2D eigenvalue weighted by Gasteiger charge is 2.28. The van der Waals surface area contributed by atoms with E-state index in [9.17, 15) is 5.26 Å². The first kappa shape index (κ1) is 17.4. The fourth-order valence-electron chi connectivity index (χ4n) is 3.51. The minimum Gasteiger partial charge on any atom is -0.377 e. The van der Waals surface area contributed by atoms with Crippen molar-refractivity contribution in [2.45, 2.75) is 32.2 Å². The van der Waals surface area contributed by atoms with Crippen LogP contribution in [0.4, 0.5) is 5.82 Å². The highest BCUT2D eigenvalue weighted by Crippen LogP contribution is 2.35. The molecule has 3 aromatic rings. The molecule has 0 amide bonds. The number of rotatable bonds is 3. The van der Waals surface area contributed by atoms with Gasteiger partial charge in [-0.3, -0.25) is 10.1 Å². The number of aromatic amines is 1. The molecule has 4 heterocycles. The summed E-state index contributed by atoms with van der Waals surface area (Å²) >= 11 is 0. The summed E-state index contributed by atoms with van der Waals surface area (Å²) in [5.74, 6) is 0.852. The lowest BCUT2D eigenvalue weighted by Gasteiger charge is -2.35. The number of ether oxygens (including phenoxy) is 1. The molecular weight excluding hydrogens is 340 g/mol. The van der Waals surface area contributed by atoms with E-state index in [2.05, 4.69) is 33.1 Å². The van der Waals surface area contributed by atoms with Crippen LogP contribution in [-0.4, -0.2) is 46.0 Å². The van der Waals surface area contributed by atoms with Crippen LogP contribution in [0, 0.1) is 11.3 Å². The van der Waals surface area contributed by atoms with Crippen molar-refractivity contribution in [2.75, 3.05) is 24.7 Å². The Morgan fingerprint density at radius 1 is 1.33 bits per heavy atom.